The van der Waals surface area contributed by atoms with Crippen molar-refractivity contribution in [2.75, 3.05) is 26.8 Å². The number of rotatable bonds is 18. The summed E-state index contributed by atoms with van der Waals surface area (Å²) in [6, 6.07) is 22.6. The molecule has 3 aromatic rings. The standard InChI is InChI=1S/C40H48O7/c1-5-6-7-8-31-9-11-32(12-10-31)33-13-15-34(16-14-33)35-17-19-36(20-18-35)37-21-38(45-26-44-30(4)28(2)24-41)23-39(22-37)46-27-47-40(43)29(3)25-42/h13-23,31-32,41-42H,2-12,24-27H2,1H3. The Morgan fingerprint density at radius 2 is 1.23 bits per heavy atom. The zero-order chi connectivity index (χ0) is 33.6. The highest BCUT2D eigenvalue weighted by Crippen LogP contribution is 2.38. The van der Waals surface area contributed by atoms with Crippen molar-refractivity contribution in [1.29, 1.82) is 0 Å². The van der Waals surface area contributed by atoms with E-state index in [1.165, 1.54) is 62.5 Å². The van der Waals surface area contributed by atoms with Crippen molar-refractivity contribution >= 4 is 5.97 Å². The maximum absolute atomic E-state index is 11.9. The van der Waals surface area contributed by atoms with Crippen molar-refractivity contribution in [3.05, 3.63) is 109 Å². The van der Waals surface area contributed by atoms with Gasteiger partial charge in [0.25, 0.3) is 0 Å². The van der Waals surface area contributed by atoms with Crippen molar-refractivity contribution < 1.29 is 34.0 Å². The Bertz CT molecular complexity index is 1430. The second-order valence-electron chi connectivity index (χ2n) is 12.2. The molecule has 0 aromatic heterocycles. The molecule has 4 rings (SSSR count). The third-order valence-electron chi connectivity index (χ3n) is 8.82. The number of aliphatic hydroxyl groups excluding tert-OH is 2. The van der Waals surface area contributed by atoms with Crippen LogP contribution in [0.25, 0.3) is 22.3 Å². The predicted molar refractivity (Wildman–Crippen MR) is 186 cm³/mol. The Morgan fingerprint density at radius 3 is 1.79 bits per heavy atom. The lowest BCUT2D eigenvalue weighted by atomic mass is 9.77. The van der Waals surface area contributed by atoms with Gasteiger partial charge in [-0.1, -0.05) is 101 Å². The number of ether oxygens (including phenoxy) is 4. The first-order valence-electron chi connectivity index (χ1n) is 16.5. The molecule has 7 nitrogen and oxygen atoms in total. The fourth-order valence-electron chi connectivity index (χ4n) is 5.85. The first-order valence-corrected chi connectivity index (χ1v) is 16.5. The van der Waals surface area contributed by atoms with E-state index in [1.807, 2.05) is 24.3 Å². The first-order chi connectivity index (χ1) is 22.8. The van der Waals surface area contributed by atoms with Crippen LogP contribution in [-0.4, -0.2) is 43.0 Å². The van der Waals surface area contributed by atoms with Crippen LogP contribution in [0.3, 0.4) is 0 Å². The molecule has 0 unspecified atom stereocenters. The zero-order valence-corrected chi connectivity index (χ0v) is 27.5. The molecule has 7 heteroatoms. The first kappa shape index (κ1) is 35.5. The highest BCUT2D eigenvalue weighted by molar-refractivity contribution is 5.87. The number of benzene rings is 3. The van der Waals surface area contributed by atoms with Crippen LogP contribution in [0.15, 0.2) is 103 Å². The molecule has 0 spiro atoms. The van der Waals surface area contributed by atoms with Gasteiger partial charge in [-0.15, -0.1) is 0 Å². The molecule has 0 saturated heterocycles. The number of unbranched alkanes of at least 4 members (excludes halogenated alkanes) is 2. The molecule has 1 saturated carbocycles. The van der Waals surface area contributed by atoms with Gasteiger partial charge in [0, 0.05) is 11.6 Å². The second-order valence-corrected chi connectivity index (χ2v) is 12.2. The molecule has 0 heterocycles. The van der Waals surface area contributed by atoms with Crippen LogP contribution in [0.5, 0.6) is 11.5 Å². The van der Waals surface area contributed by atoms with Crippen LogP contribution >= 0.6 is 0 Å². The Labute approximate surface area is 279 Å². The Morgan fingerprint density at radius 1 is 0.702 bits per heavy atom. The van der Waals surface area contributed by atoms with E-state index in [9.17, 15) is 9.90 Å². The molecule has 0 radical (unpaired) electrons. The summed E-state index contributed by atoms with van der Waals surface area (Å²) >= 11 is 0. The number of hydrogen-bond acceptors (Lipinski definition) is 7. The quantitative estimate of drug-likeness (QED) is 0.0359. The van der Waals surface area contributed by atoms with E-state index in [1.54, 1.807) is 6.07 Å². The minimum atomic E-state index is -0.745. The minimum Gasteiger partial charge on any atom is -0.458 e. The molecule has 0 bridgehead atoms. The van der Waals surface area contributed by atoms with Crippen molar-refractivity contribution in [2.24, 2.45) is 5.92 Å². The van der Waals surface area contributed by atoms with Crippen LogP contribution in [0.2, 0.25) is 0 Å². The summed E-state index contributed by atoms with van der Waals surface area (Å²) in [5.41, 5.74) is 5.77. The molecule has 0 aliphatic heterocycles. The lowest BCUT2D eigenvalue weighted by Crippen LogP contribution is -2.14. The molecule has 0 amide bonds. The Balaban J connectivity index is 1.43. The third-order valence-corrected chi connectivity index (χ3v) is 8.82. The topological polar surface area (TPSA) is 94.5 Å². The van der Waals surface area contributed by atoms with E-state index in [0.29, 0.717) is 23.0 Å². The van der Waals surface area contributed by atoms with Gasteiger partial charge in [-0.2, -0.15) is 0 Å². The van der Waals surface area contributed by atoms with Crippen LogP contribution < -0.4 is 9.47 Å². The van der Waals surface area contributed by atoms with E-state index in [2.05, 4.69) is 63.1 Å². The summed E-state index contributed by atoms with van der Waals surface area (Å²) in [7, 11) is 0. The van der Waals surface area contributed by atoms with Crippen molar-refractivity contribution in [2.45, 2.75) is 64.2 Å². The minimum absolute atomic E-state index is 0.0664. The number of esters is 1. The molecule has 0 atom stereocenters. The number of hydrogen-bond donors (Lipinski definition) is 2. The maximum Gasteiger partial charge on any atom is 0.338 e. The maximum atomic E-state index is 11.9. The van der Waals surface area contributed by atoms with E-state index < -0.39 is 12.6 Å². The van der Waals surface area contributed by atoms with Gasteiger partial charge in [-0.05, 0) is 77.5 Å². The fraction of sp³-hybridized carbons (Fsp3) is 0.375. The van der Waals surface area contributed by atoms with Crippen LogP contribution in [-0.2, 0) is 14.3 Å². The van der Waals surface area contributed by atoms with Gasteiger partial charge in [0.1, 0.15) is 17.3 Å². The molecule has 1 fully saturated rings. The summed E-state index contributed by atoms with van der Waals surface area (Å²) in [6.45, 7) is 11.8. The van der Waals surface area contributed by atoms with Gasteiger partial charge < -0.3 is 29.2 Å². The van der Waals surface area contributed by atoms with Gasteiger partial charge in [0.15, 0.2) is 0 Å². The van der Waals surface area contributed by atoms with Crippen LogP contribution in [0.1, 0.15) is 69.8 Å². The lowest BCUT2D eigenvalue weighted by molar-refractivity contribution is -0.145. The molecule has 2 N–H and O–H groups in total. The van der Waals surface area contributed by atoms with Gasteiger partial charge in [-0.3, -0.25) is 0 Å². The smallest absolute Gasteiger partial charge is 0.338 e. The van der Waals surface area contributed by atoms with Gasteiger partial charge in [-0.25, -0.2) is 4.79 Å². The average molecular weight is 641 g/mol. The van der Waals surface area contributed by atoms with Crippen molar-refractivity contribution in [1.82, 2.24) is 0 Å². The average Bonchev–Trinajstić information content (AvgIpc) is 3.11. The second kappa shape index (κ2) is 18.1. The molecule has 250 valence electrons. The Kier molecular flexibility index (Phi) is 13.7. The van der Waals surface area contributed by atoms with E-state index >= 15 is 0 Å². The summed E-state index contributed by atoms with van der Waals surface area (Å²) < 4.78 is 22.0. The molecular weight excluding hydrogens is 592 g/mol. The van der Waals surface area contributed by atoms with E-state index in [0.717, 1.165) is 22.6 Å². The van der Waals surface area contributed by atoms with Crippen molar-refractivity contribution in [3.63, 3.8) is 0 Å². The summed E-state index contributed by atoms with van der Waals surface area (Å²) in [5, 5.41) is 18.3. The molecule has 1 aliphatic carbocycles. The number of carbonyl (C=O) groups excluding carboxylic acids is 1. The zero-order valence-electron chi connectivity index (χ0n) is 27.5. The number of carbonyl (C=O) groups is 1. The number of aliphatic hydroxyl groups is 2. The molecular formula is C40H48O7. The SMILES string of the molecule is C=C(CO)C(=C)OCOc1cc(OCOC(=O)C(=C)CO)cc(-c2ccc(-c3ccc(C4CCC(CCCCC)CC4)cc3)cc2)c1. The van der Waals surface area contributed by atoms with Gasteiger partial charge >= 0.3 is 5.97 Å². The van der Waals surface area contributed by atoms with E-state index in [-0.39, 0.29) is 31.5 Å². The van der Waals surface area contributed by atoms with Crippen molar-refractivity contribution in [3.8, 4) is 33.8 Å². The Hall–Kier alpha value is -4.33. The van der Waals surface area contributed by atoms with E-state index in [4.69, 9.17) is 24.1 Å². The predicted octanol–water partition coefficient (Wildman–Crippen LogP) is 8.72. The van der Waals surface area contributed by atoms with Crippen LogP contribution in [0.4, 0.5) is 0 Å². The highest BCUT2D eigenvalue weighted by atomic mass is 16.7. The molecule has 3 aromatic carbocycles. The van der Waals surface area contributed by atoms with Gasteiger partial charge in [0.2, 0.25) is 13.6 Å². The molecule has 47 heavy (non-hydrogen) atoms. The largest absolute Gasteiger partial charge is 0.458 e. The fourth-order valence-corrected chi connectivity index (χ4v) is 5.85. The summed E-state index contributed by atoms with van der Waals surface area (Å²) in [6.07, 6.45) is 10.7. The monoisotopic (exact) mass is 640 g/mol. The lowest BCUT2D eigenvalue weighted by Gasteiger charge is -2.29. The highest BCUT2D eigenvalue weighted by Gasteiger charge is 2.22. The normalized spacial score (nSPS) is 15.8. The van der Waals surface area contributed by atoms with Crippen LogP contribution in [0, 0.1) is 5.92 Å². The summed E-state index contributed by atoms with van der Waals surface area (Å²) in [5.74, 6) is 1.89. The third kappa shape index (κ3) is 10.6. The van der Waals surface area contributed by atoms with Gasteiger partial charge in [0.05, 0.1) is 18.8 Å². The summed E-state index contributed by atoms with van der Waals surface area (Å²) in [4.78, 5) is 11.9. The molecule has 1 aliphatic rings.